The number of hydrogen-bond acceptors (Lipinski definition) is 2. The van der Waals surface area contributed by atoms with E-state index in [4.69, 9.17) is 4.74 Å². The van der Waals surface area contributed by atoms with Crippen LogP contribution in [0.2, 0.25) is 0 Å². The van der Waals surface area contributed by atoms with E-state index in [9.17, 15) is 18.0 Å². The normalized spacial score (nSPS) is 20.5. The minimum absolute atomic E-state index is 0.0855. The number of amides is 1. The molecule has 1 amide bonds. The molecule has 1 saturated carbocycles. The Balaban J connectivity index is 2.12. The van der Waals surface area contributed by atoms with Crippen LogP contribution in [0.15, 0.2) is 18.2 Å². The number of alkyl halides is 3. The fraction of sp³-hybridized carbons (Fsp3) is 0.364. The zero-order valence-electron chi connectivity index (χ0n) is 8.60. The molecule has 1 aliphatic heterocycles. The lowest BCUT2D eigenvalue weighted by atomic mass is 10.1. The third-order valence-electron chi connectivity index (χ3n) is 2.98. The molecule has 3 rings (SSSR count). The fourth-order valence-electron chi connectivity index (χ4n) is 1.89. The molecule has 1 spiro atoms. The van der Waals surface area contributed by atoms with E-state index in [2.05, 4.69) is 5.32 Å². The van der Waals surface area contributed by atoms with Crippen molar-refractivity contribution in [3.05, 3.63) is 23.8 Å². The molecule has 1 heterocycles. The molecule has 1 N–H and O–H groups in total. The summed E-state index contributed by atoms with van der Waals surface area (Å²) in [7, 11) is 0. The Hall–Kier alpha value is -1.72. The Morgan fingerprint density at radius 1 is 1.29 bits per heavy atom. The molecule has 2 aliphatic rings. The van der Waals surface area contributed by atoms with E-state index in [0.29, 0.717) is 12.8 Å². The molecule has 0 atom stereocenters. The molecule has 0 bridgehead atoms. The number of ether oxygens (including phenoxy) is 1. The average molecular weight is 243 g/mol. The van der Waals surface area contributed by atoms with Crippen molar-refractivity contribution in [1.82, 2.24) is 0 Å². The largest absolute Gasteiger partial charge is 0.475 e. The molecule has 1 aromatic carbocycles. The van der Waals surface area contributed by atoms with Gasteiger partial charge >= 0.3 is 6.18 Å². The second-order valence-electron chi connectivity index (χ2n) is 4.23. The van der Waals surface area contributed by atoms with Crippen LogP contribution in [0.4, 0.5) is 18.9 Å². The lowest BCUT2D eigenvalue weighted by Gasteiger charge is -2.27. The van der Waals surface area contributed by atoms with Gasteiger partial charge in [-0.15, -0.1) is 0 Å². The third kappa shape index (κ3) is 1.47. The van der Waals surface area contributed by atoms with Crippen molar-refractivity contribution in [2.45, 2.75) is 24.6 Å². The van der Waals surface area contributed by atoms with Crippen LogP contribution in [0.5, 0.6) is 5.75 Å². The maximum absolute atomic E-state index is 12.8. The van der Waals surface area contributed by atoms with E-state index in [1.54, 1.807) is 0 Å². The van der Waals surface area contributed by atoms with E-state index in [1.807, 2.05) is 0 Å². The van der Waals surface area contributed by atoms with Gasteiger partial charge in [0.05, 0.1) is 11.3 Å². The first kappa shape index (κ1) is 10.4. The van der Waals surface area contributed by atoms with Crippen molar-refractivity contribution >= 4 is 11.6 Å². The van der Waals surface area contributed by atoms with Crippen molar-refractivity contribution in [3.8, 4) is 5.75 Å². The number of fused-ring (bicyclic) bond motifs is 1. The summed E-state index contributed by atoms with van der Waals surface area (Å²) in [5.41, 5.74) is -1.82. The lowest BCUT2D eigenvalue weighted by Crippen LogP contribution is -2.39. The quantitative estimate of drug-likeness (QED) is 0.760. The van der Waals surface area contributed by atoms with Gasteiger partial charge in [0.1, 0.15) is 0 Å². The number of hydrogen-bond donors (Lipinski definition) is 1. The van der Waals surface area contributed by atoms with Gasteiger partial charge in [-0.1, -0.05) is 6.07 Å². The Morgan fingerprint density at radius 3 is 2.59 bits per heavy atom. The molecule has 3 nitrogen and oxygen atoms in total. The Kier molecular flexibility index (Phi) is 1.80. The van der Waals surface area contributed by atoms with Crippen LogP contribution in [0, 0.1) is 0 Å². The van der Waals surface area contributed by atoms with E-state index in [0.717, 1.165) is 6.07 Å². The zero-order chi connectivity index (χ0) is 12.3. The first-order chi connectivity index (χ1) is 7.92. The number of carbonyl (C=O) groups is 1. The van der Waals surface area contributed by atoms with E-state index in [-0.39, 0.29) is 17.3 Å². The summed E-state index contributed by atoms with van der Waals surface area (Å²) in [6.07, 6.45) is -3.56. The van der Waals surface area contributed by atoms with Crippen LogP contribution in [-0.4, -0.2) is 11.5 Å². The molecular formula is C11H8F3NO2. The van der Waals surface area contributed by atoms with Crippen molar-refractivity contribution in [2.24, 2.45) is 0 Å². The van der Waals surface area contributed by atoms with Gasteiger partial charge in [0.15, 0.2) is 11.4 Å². The predicted molar refractivity (Wildman–Crippen MR) is 52.7 cm³/mol. The second kappa shape index (κ2) is 2.94. The highest BCUT2D eigenvalue weighted by atomic mass is 19.4. The fourth-order valence-corrected chi connectivity index (χ4v) is 1.89. The molecule has 0 radical (unpaired) electrons. The van der Waals surface area contributed by atoms with Gasteiger partial charge < -0.3 is 10.1 Å². The third-order valence-corrected chi connectivity index (χ3v) is 2.98. The molecule has 1 aromatic rings. The van der Waals surface area contributed by atoms with E-state index in [1.165, 1.54) is 12.1 Å². The minimum atomic E-state index is -4.48. The monoisotopic (exact) mass is 243 g/mol. The SMILES string of the molecule is O=C1Nc2cccc(C(F)(F)F)c2OC12CC2. The summed E-state index contributed by atoms with van der Waals surface area (Å²) < 4.78 is 43.5. The van der Waals surface area contributed by atoms with Crippen molar-refractivity contribution in [3.63, 3.8) is 0 Å². The van der Waals surface area contributed by atoms with Gasteiger partial charge in [-0.05, 0) is 12.1 Å². The Morgan fingerprint density at radius 2 is 2.00 bits per heavy atom. The van der Waals surface area contributed by atoms with Gasteiger partial charge in [-0.3, -0.25) is 4.79 Å². The predicted octanol–water partition coefficient (Wildman–Crippen LogP) is 2.57. The van der Waals surface area contributed by atoms with Crippen molar-refractivity contribution < 1.29 is 22.7 Å². The van der Waals surface area contributed by atoms with Crippen LogP contribution in [0.25, 0.3) is 0 Å². The summed E-state index contributed by atoms with van der Waals surface area (Å²) in [5, 5.41) is 2.46. The van der Waals surface area contributed by atoms with Crippen molar-refractivity contribution in [1.29, 1.82) is 0 Å². The standard InChI is InChI=1S/C11H8F3NO2/c12-11(13,14)6-2-1-3-7-8(6)17-10(4-5-10)9(16)15-7/h1-3H,4-5H2,(H,15,16). The summed E-state index contributed by atoms with van der Waals surface area (Å²) in [5.74, 6) is -0.624. The van der Waals surface area contributed by atoms with Crippen molar-refractivity contribution in [2.75, 3.05) is 5.32 Å². The molecular weight excluding hydrogens is 235 g/mol. The summed E-state index contributed by atoms with van der Waals surface area (Å²) >= 11 is 0. The van der Waals surface area contributed by atoms with E-state index >= 15 is 0 Å². The maximum Gasteiger partial charge on any atom is 0.420 e. The Labute approximate surface area is 94.6 Å². The summed E-state index contributed by atoms with van der Waals surface area (Å²) in [6.45, 7) is 0. The number of carbonyl (C=O) groups excluding carboxylic acids is 1. The highest BCUT2D eigenvalue weighted by Gasteiger charge is 2.56. The van der Waals surface area contributed by atoms with Gasteiger partial charge in [0.25, 0.3) is 5.91 Å². The topological polar surface area (TPSA) is 38.3 Å². The minimum Gasteiger partial charge on any atom is -0.475 e. The number of rotatable bonds is 0. The van der Waals surface area contributed by atoms with Crippen LogP contribution in [-0.2, 0) is 11.0 Å². The van der Waals surface area contributed by atoms with Crippen LogP contribution in [0.1, 0.15) is 18.4 Å². The highest BCUT2D eigenvalue weighted by molar-refractivity contribution is 6.03. The lowest BCUT2D eigenvalue weighted by molar-refractivity contribution is -0.141. The molecule has 6 heteroatoms. The molecule has 17 heavy (non-hydrogen) atoms. The first-order valence-electron chi connectivity index (χ1n) is 5.13. The number of halogens is 3. The van der Waals surface area contributed by atoms with Gasteiger partial charge in [0, 0.05) is 12.8 Å². The van der Waals surface area contributed by atoms with Gasteiger partial charge in [-0.2, -0.15) is 13.2 Å². The molecule has 1 fully saturated rings. The maximum atomic E-state index is 12.8. The molecule has 1 aliphatic carbocycles. The van der Waals surface area contributed by atoms with Crippen LogP contribution in [0.3, 0.4) is 0 Å². The smallest absolute Gasteiger partial charge is 0.420 e. The molecule has 90 valence electrons. The molecule has 0 aromatic heterocycles. The van der Waals surface area contributed by atoms with E-state index < -0.39 is 17.3 Å². The molecule has 0 unspecified atom stereocenters. The van der Waals surface area contributed by atoms with Crippen LogP contribution >= 0.6 is 0 Å². The number of nitrogens with one attached hydrogen (secondary N) is 1. The first-order valence-corrected chi connectivity index (χ1v) is 5.13. The summed E-state index contributed by atoms with van der Waals surface area (Å²) in [6, 6.07) is 3.60. The summed E-state index contributed by atoms with van der Waals surface area (Å²) in [4.78, 5) is 11.6. The molecule has 0 saturated heterocycles. The number of benzene rings is 1. The number of para-hydroxylation sites is 1. The van der Waals surface area contributed by atoms with Crippen LogP contribution < -0.4 is 10.1 Å². The average Bonchev–Trinajstić information content (AvgIpc) is 2.98. The Bertz CT molecular complexity index is 506. The zero-order valence-corrected chi connectivity index (χ0v) is 8.60. The second-order valence-corrected chi connectivity index (χ2v) is 4.23. The highest BCUT2D eigenvalue weighted by Crippen LogP contribution is 2.50. The number of anilines is 1. The van der Waals surface area contributed by atoms with Gasteiger partial charge in [-0.25, -0.2) is 0 Å². The van der Waals surface area contributed by atoms with Gasteiger partial charge in [0.2, 0.25) is 0 Å².